The Labute approximate surface area is 45.8 Å². The molecule has 0 aliphatic rings. The van der Waals surface area contributed by atoms with Crippen molar-refractivity contribution in [3.05, 3.63) is 0 Å². The summed E-state index contributed by atoms with van der Waals surface area (Å²) < 4.78 is 0. The van der Waals surface area contributed by atoms with Crippen LogP contribution in [0.1, 0.15) is 0 Å². The SMILES string of the molecule is COOOCC[SiH3]. The van der Waals surface area contributed by atoms with E-state index in [2.05, 4.69) is 14.8 Å². The lowest BCUT2D eigenvalue weighted by Crippen LogP contribution is -1.93. The molecular weight excluding hydrogens is 112 g/mol. The van der Waals surface area contributed by atoms with Crippen molar-refractivity contribution >= 4 is 10.2 Å². The van der Waals surface area contributed by atoms with Gasteiger partial charge in [-0.05, 0) is 6.04 Å². The highest BCUT2D eigenvalue weighted by atomic mass is 28.1. The summed E-state index contributed by atoms with van der Waals surface area (Å²) in [6.45, 7) is 0.639. The third-order valence-corrected chi connectivity index (χ3v) is 0.812. The summed E-state index contributed by atoms with van der Waals surface area (Å²) >= 11 is 0. The van der Waals surface area contributed by atoms with E-state index in [9.17, 15) is 0 Å². The van der Waals surface area contributed by atoms with E-state index in [0.29, 0.717) is 6.61 Å². The van der Waals surface area contributed by atoms with Crippen LogP contribution in [0.15, 0.2) is 0 Å². The van der Waals surface area contributed by atoms with Crippen LogP contribution in [0.3, 0.4) is 0 Å². The van der Waals surface area contributed by atoms with E-state index in [-0.39, 0.29) is 0 Å². The Bertz CT molecular complexity index is 29.4. The number of rotatable bonds is 4. The normalized spacial score (nSPS) is 9.86. The van der Waals surface area contributed by atoms with Crippen LogP contribution in [0.25, 0.3) is 0 Å². The average molecular weight is 122 g/mol. The molecule has 7 heavy (non-hydrogen) atoms. The first kappa shape index (κ1) is 7.10. The van der Waals surface area contributed by atoms with Gasteiger partial charge in [0.05, 0.1) is 13.7 Å². The highest BCUT2D eigenvalue weighted by Gasteiger charge is 1.78. The number of hydrogen-bond acceptors (Lipinski definition) is 3. The van der Waals surface area contributed by atoms with Crippen molar-refractivity contribution in [3.8, 4) is 0 Å². The molecule has 0 aromatic carbocycles. The summed E-state index contributed by atoms with van der Waals surface area (Å²) in [5.74, 6) is 0. The molecule has 44 valence electrons. The lowest BCUT2D eigenvalue weighted by molar-refractivity contribution is -0.500. The minimum absolute atomic E-state index is 0.639. The Balaban J connectivity index is 2.45. The van der Waals surface area contributed by atoms with E-state index >= 15 is 0 Å². The van der Waals surface area contributed by atoms with E-state index in [4.69, 9.17) is 0 Å². The highest BCUT2D eigenvalue weighted by molar-refractivity contribution is 6.08. The molecule has 0 saturated carbocycles. The predicted octanol–water partition coefficient (Wildman–Crippen LogP) is -0.720. The first-order chi connectivity index (χ1) is 3.41. The molecule has 0 atom stereocenters. The average Bonchev–Trinajstić information content (AvgIpc) is 1.69. The van der Waals surface area contributed by atoms with E-state index in [1.807, 2.05) is 0 Å². The van der Waals surface area contributed by atoms with Crippen LogP contribution in [0.4, 0.5) is 0 Å². The van der Waals surface area contributed by atoms with Gasteiger partial charge >= 0.3 is 0 Å². The van der Waals surface area contributed by atoms with Gasteiger partial charge in [-0.15, -0.1) is 0 Å². The van der Waals surface area contributed by atoms with E-state index in [0.717, 1.165) is 16.3 Å². The van der Waals surface area contributed by atoms with Crippen molar-refractivity contribution < 1.29 is 14.8 Å². The molecule has 0 unspecified atom stereocenters. The molecule has 0 heterocycles. The first-order valence-corrected chi connectivity index (χ1v) is 3.65. The molecule has 0 spiro atoms. The van der Waals surface area contributed by atoms with Crippen LogP contribution in [-0.4, -0.2) is 24.0 Å². The fourth-order valence-corrected chi connectivity index (χ4v) is 0.332. The molecule has 0 rings (SSSR count). The lowest BCUT2D eigenvalue weighted by Gasteiger charge is -1.93. The minimum Gasteiger partial charge on any atom is -0.210 e. The van der Waals surface area contributed by atoms with Gasteiger partial charge in [0.15, 0.2) is 0 Å². The summed E-state index contributed by atoms with van der Waals surface area (Å²) in [5, 5.41) is 4.10. The monoisotopic (exact) mass is 122 g/mol. The van der Waals surface area contributed by atoms with Gasteiger partial charge in [-0.25, -0.2) is 9.78 Å². The Kier molecular flexibility index (Phi) is 6.18. The van der Waals surface area contributed by atoms with E-state index in [1.54, 1.807) is 0 Å². The van der Waals surface area contributed by atoms with Gasteiger partial charge in [0, 0.05) is 10.2 Å². The van der Waals surface area contributed by atoms with Crippen LogP contribution < -0.4 is 0 Å². The van der Waals surface area contributed by atoms with Gasteiger partial charge in [-0.3, -0.25) is 0 Å². The highest BCUT2D eigenvalue weighted by Crippen LogP contribution is 1.78. The van der Waals surface area contributed by atoms with Crippen molar-refractivity contribution in [3.63, 3.8) is 0 Å². The van der Waals surface area contributed by atoms with E-state index in [1.165, 1.54) is 7.11 Å². The van der Waals surface area contributed by atoms with Crippen molar-refractivity contribution in [1.82, 2.24) is 0 Å². The minimum atomic E-state index is 0.639. The summed E-state index contributed by atoms with van der Waals surface area (Å²) in [5.41, 5.74) is 0. The third-order valence-electron chi connectivity index (χ3n) is 0.404. The van der Waals surface area contributed by atoms with Crippen molar-refractivity contribution in [2.75, 3.05) is 13.7 Å². The van der Waals surface area contributed by atoms with Gasteiger partial charge in [0.2, 0.25) is 0 Å². The third kappa shape index (κ3) is 6.10. The van der Waals surface area contributed by atoms with Gasteiger partial charge in [0.25, 0.3) is 0 Å². The lowest BCUT2D eigenvalue weighted by atomic mass is 10.9. The second-order valence-electron chi connectivity index (χ2n) is 1.06. The zero-order chi connectivity index (χ0) is 5.54. The Morgan fingerprint density at radius 2 is 2.29 bits per heavy atom. The molecule has 0 N–H and O–H groups in total. The van der Waals surface area contributed by atoms with Crippen LogP contribution in [0.2, 0.25) is 6.04 Å². The van der Waals surface area contributed by atoms with Crippen LogP contribution >= 0.6 is 0 Å². The molecular formula is C3H10O3Si. The summed E-state index contributed by atoms with van der Waals surface area (Å²) in [7, 11) is 2.56. The maximum absolute atomic E-state index is 4.44. The molecule has 0 bridgehead atoms. The fourth-order valence-electron chi connectivity index (χ4n) is 0.165. The smallest absolute Gasteiger partial charge is 0.0822 e. The topological polar surface area (TPSA) is 27.7 Å². The molecule has 0 saturated heterocycles. The second kappa shape index (κ2) is 6.10. The summed E-state index contributed by atoms with van der Waals surface area (Å²) in [6.07, 6.45) is 0. The van der Waals surface area contributed by atoms with Crippen molar-refractivity contribution in [2.45, 2.75) is 6.04 Å². The second-order valence-corrected chi connectivity index (χ2v) is 2.06. The Morgan fingerprint density at radius 1 is 1.57 bits per heavy atom. The molecule has 0 aromatic heterocycles. The Hall–Kier alpha value is 0.0969. The Morgan fingerprint density at radius 3 is 2.71 bits per heavy atom. The number of hydrogen-bond donors (Lipinski definition) is 0. The van der Waals surface area contributed by atoms with Gasteiger partial charge < -0.3 is 0 Å². The van der Waals surface area contributed by atoms with Crippen LogP contribution in [0.5, 0.6) is 0 Å². The van der Waals surface area contributed by atoms with Crippen molar-refractivity contribution in [1.29, 1.82) is 0 Å². The maximum Gasteiger partial charge on any atom is 0.0822 e. The van der Waals surface area contributed by atoms with Gasteiger partial charge in [0.1, 0.15) is 0 Å². The molecule has 0 radical (unpaired) electrons. The van der Waals surface area contributed by atoms with Gasteiger partial charge in [-0.1, -0.05) is 5.04 Å². The fraction of sp³-hybridized carbons (Fsp3) is 1.00. The molecule has 0 aliphatic carbocycles. The molecule has 0 aromatic rings. The van der Waals surface area contributed by atoms with E-state index < -0.39 is 0 Å². The molecule has 0 aliphatic heterocycles. The first-order valence-electron chi connectivity index (χ1n) is 2.24. The molecule has 4 heteroatoms. The zero-order valence-corrected chi connectivity index (χ0v) is 6.64. The molecule has 0 fully saturated rings. The van der Waals surface area contributed by atoms with Gasteiger partial charge in [-0.2, -0.15) is 0 Å². The largest absolute Gasteiger partial charge is 0.210 e. The summed E-state index contributed by atoms with van der Waals surface area (Å²) in [4.78, 5) is 8.58. The quantitative estimate of drug-likeness (QED) is 0.213. The maximum atomic E-state index is 4.44. The zero-order valence-electron chi connectivity index (χ0n) is 4.64. The standard InChI is InChI=1S/C3H10O3Si/c1-4-6-5-2-3-7/h2-3H2,1,7H3. The van der Waals surface area contributed by atoms with Crippen molar-refractivity contribution in [2.24, 2.45) is 0 Å². The van der Waals surface area contributed by atoms with Crippen LogP contribution in [-0.2, 0) is 14.8 Å². The summed E-state index contributed by atoms with van der Waals surface area (Å²) in [6, 6.07) is 1.07. The predicted molar refractivity (Wildman–Crippen MR) is 28.8 cm³/mol. The van der Waals surface area contributed by atoms with Crippen LogP contribution in [0, 0.1) is 0 Å². The molecule has 3 nitrogen and oxygen atoms in total. The molecule has 0 amide bonds.